The van der Waals surface area contributed by atoms with E-state index in [2.05, 4.69) is 49.9 Å². The number of hydrogen-bond donors (Lipinski definition) is 1. The maximum absolute atomic E-state index is 4.27. The van der Waals surface area contributed by atoms with Gasteiger partial charge in [0.05, 0.1) is 5.01 Å². The van der Waals surface area contributed by atoms with Crippen LogP contribution in [0.4, 0.5) is 0 Å². The lowest BCUT2D eigenvalue weighted by molar-refractivity contribution is 0.305. The largest absolute Gasteiger partial charge is 0.311 e. The highest BCUT2D eigenvalue weighted by molar-refractivity contribution is 7.11. The van der Waals surface area contributed by atoms with Crippen LogP contribution >= 0.6 is 11.3 Å². The van der Waals surface area contributed by atoms with Crippen LogP contribution in [0.3, 0.4) is 0 Å². The molecule has 0 aliphatic carbocycles. The molecule has 1 aromatic heterocycles. The molecule has 0 spiro atoms. The third-order valence-corrected chi connectivity index (χ3v) is 3.14. The van der Waals surface area contributed by atoms with Gasteiger partial charge in [-0.25, -0.2) is 4.98 Å². The summed E-state index contributed by atoms with van der Waals surface area (Å²) in [6.07, 6.45) is 1.98. The van der Waals surface area contributed by atoms with E-state index in [1.165, 1.54) is 4.88 Å². The number of aryl methyl sites for hydroxylation is 1. The molecule has 0 unspecified atom stereocenters. The summed E-state index contributed by atoms with van der Waals surface area (Å²) < 4.78 is 0. The van der Waals surface area contributed by atoms with Gasteiger partial charge in [0.25, 0.3) is 0 Å². The molecule has 0 amide bonds. The van der Waals surface area contributed by atoms with Gasteiger partial charge in [0.1, 0.15) is 0 Å². The highest BCUT2D eigenvalue weighted by atomic mass is 32.1. The van der Waals surface area contributed by atoms with Crippen molar-refractivity contribution >= 4 is 11.3 Å². The van der Waals surface area contributed by atoms with Crippen LogP contribution in [0.5, 0.6) is 0 Å². The summed E-state index contributed by atoms with van der Waals surface area (Å²) in [6.45, 7) is 11.7. The van der Waals surface area contributed by atoms with Gasteiger partial charge in [-0.15, -0.1) is 11.3 Å². The Bertz CT molecular complexity index is 314. The second-order valence-electron chi connectivity index (χ2n) is 5.26. The molecule has 92 valence electrons. The molecular weight excluding hydrogens is 218 g/mol. The molecule has 0 radical (unpaired) electrons. The van der Waals surface area contributed by atoms with Crippen LogP contribution in [0.25, 0.3) is 0 Å². The number of rotatable bonds is 5. The highest BCUT2D eigenvalue weighted by Gasteiger charge is 2.09. The summed E-state index contributed by atoms with van der Waals surface area (Å²) in [7, 11) is 2.15. The average Bonchev–Trinajstić information content (AvgIpc) is 2.48. The lowest BCUT2D eigenvalue weighted by atomic mass is 10.1. The lowest BCUT2D eigenvalue weighted by Gasteiger charge is -2.23. The number of nitrogens with zero attached hydrogens (tertiary/aromatic N) is 2. The van der Waals surface area contributed by atoms with E-state index in [1.807, 2.05) is 6.20 Å². The predicted octanol–water partition coefficient (Wildman–Crippen LogP) is 2.27. The fourth-order valence-electron chi connectivity index (χ4n) is 1.45. The van der Waals surface area contributed by atoms with Gasteiger partial charge in [-0.05, 0) is 34.7 Å². The van der Waals surface area contributed by atoms with Crippen molar-refractivity contribution in [2.45, 2.75) is 39.8 Å². The average molecular weight is 241 g/mol. The zero-order chi connectivity index (χ0) is 12.2. The van der Waals surface area contributed by atoms with Crippen molar-refractivity contribution in [3.63, 3.8) is 0 Å². The zero-order valence-corrected chi connectivity index (χ0v) is 11.8. The Balaban J connectivity index is 2.23. The molecule has 1 rings (SSSR count). The molecule has 0 aromatic carbocycles. The van der Waals surface area contributed by atoms with Gasteiger partial charge in [0.15, 0.2) is 0 Å². The van der Waals surface area contributed by atoms with Gasteiger partial charge in [-0.2, -0.15) is 0 Å². The normalized spacial score (nSPS) is 12.4. The molecule has 0 fully saturated rings. The van der Waals surface area contributed by atoms with Crippen molar-refractivity contribution in [1.29, 1.82) is 0 Å². The van der Waals surface area contributed by atoms with E-state index >= 15 is 0 Å². The first kappa shape index (κ1) is 13.6. The first-order chi connectivity index (χ1) is 7.37. The topological polar surface area (TPSA) is 28.2 Å². The molecule has 1 heterocycles. The van der Waals surface area contributed by atoms with Gasteiger partial charge >= 0.3 is 0 Å². The Morgan fingerprint density at radius 3 is 2.62 bits per heavy atom. The fourth-order valence-corrected chi connectivity index (χ4v) is 2.32. The minimum atomic E-state index is 0.210. The van der Waals surface area contributed by atoms with Crippen LogP contribution in [0.1, 0.15) is 30.7 Å². The van der Waals surface area contributed by atoms with Gasteiger partial charge in [-0.1, -0.05) is 0 Å². The summed E-state index contributed by atoms with van der Waals surface area (Å²) in [5.74, 6) is 0. The number of likely N-dealkylation sites (N-methyl/N-ethyl adjacent to an activating group) is 1. The van der Waals surface area contributed by atoms with Crippen molar-refractivity contribution in [2.24, 2.45) is 0 Å². The van der Waals surface area contributed by atoms with Crippen LogP contribution in [-0.4, -0.2) is 35.6 Å². The first-order valence-electron chi connectivity index (χ1n) is 5.72. The SMILES string of the molecule is Cc1ncc(CN(C)CCNC(C)(C)C)s1. The molecular formula is C12H23N3S. The van der Waals surface area contributed by atoms with E-state index in [4.69, 9.17) is 0 Å². The molecule has 0 bridgehead atoms. The third-order valence-electron chi connectivity index (χ3n) is 2.24. The van der Waals surface area contributed by atoms with E-state index in [-0.39, 0.29) is 5.54 Å². The first-order valence-corrected chi connectivity index (χ1v) is 6.53. The van der Waals surface area contributed by atoms with Gasteiger partial charge in [-0.3, -0.25) is 4.90 Å². The second-order valence-corrected chi connectivity index (χ2v) is 6.58. The molecule has 4 heteroatoms. The Hall–Kier alpha value is -0.450. The van der Waals surface area contributed by atoms with Crippen LogP contribution in [0.15, 0.2) is 6.20 Å². The van der Waals surface area contributed by atoms with E-state index in [0.717, 1.165) is 24.6 Å². The lowest BCUT2D eigenvalue weighted by Crippen LogP contribution is -2.40. The summed E-state index contributed by atoms with van der Waals surface area (Å²) in [4.78, 5) is 7.93. The number of hydrogen-bond acceptors (Lipinski definition) is 4. The van der Waals surface area contributed by atoms with Gasteiger partial charge in [0.2, 0.25) is 0 Å². The van der Waals surface area contributed by atoms with E-state index in [9.17, 15) is 0 Å². The predicted molar refractivity (Wildman–Crippen MR) is 70.9 cm³/mol. The van der Waals surface area contributed by atoms with Crippen LogP contribution in [-0.2, 0) is 6.54 Å². The van der Waals surface area contributed by atoms with E-state index in [1.54, 1.807) is 11.3 Å². The second kappa shape index (κ2) is 5.75. The Morgan fingerprint density at radius 1 is 1.44 bits per heavy atom. The number of aromatic nitrogens is 1. The standard InChI is InChI=1S/C12H23N3S/c1-10-13-8-11(16-10)9-15(5)7-6-14-12(2,3)4/h8,14H,6-7,9H2,1-5H3. The minimum absolute atomic E-state index is 0.210. The Labute approximate surface area is 103 Å². The van der Waals surface area contributed by atoms with E-state index < -0.39 is 0 Å². The summed E-state index contributed by atoms with van der Waals surface area (Å²) in [5.41, 5.74) is 0.210. The molecule has 16 heavy (non-hydrogen) atoms. The summed E-state index contributed by atoms with van der Waals surface area (Å²) >= 11 is 1.78. The molecule has 0 saturated heterocycles. The fraction of sp³-hybridized carbons (Fsp3) is 0.750. The maximum Gasteiger partial charge on any atom is 0.0897 e. The molecule has 0 atom stereocenters. The molecule has 0 aliphatic rings. The van der Waals surface area contributed by atoms with Crippen molar-refractivity contribution in [3.8, 4) is 0 Å². The van der Waals surface area contributed by atoms with Gasteiger partial charge < -0.3 is 5.32 Å². The smallest absolute Gasteiger partial charge is 0.0897 e. The molecule has 1 aromatic rings. The van der Waals surface area contributed by atoms with Crippen LogP contribution in [0.2, 0.25) is 0 Å². The van der Waals surface area contributed by atoms with Gasteiger partial charge in [0, 0.05) is 36.2 Å². The number of nitrogens with one attached hydrogen (secondary N) is 1. The maximum atomic E-state index is 4.27. The monoisotopic (exact) mass is 241 g/mol. The van der Waals surface area contributed by atoms with Crippen molar-refractivity contribution in [1.82, 2.24) is 15.2 Å². The minimum Gasteiger partial charge on any atom is -0.311 e. The Kier molecular flexibility index (Phi) is 4.89. The highest BCUT2D eigenvalue weighted by Crippen LogP contribution is 2.13. The number of thiazole rings is 1. The summed E-state index contributed by atoms with van der Waals surface area (Å²) in [5, 5.41) is 4.64. The van der Waals surface area contributed by atoms with Crippen molar-refractivity contribution in [2.75, 3.05) is 20.1 Å². The van der Waals surface area contributed by atoms with Crippen molar-refractivity contribution < 1.29 is 0 Å². The quantitative estimate of drug-likeness (QED) is 0.857. The van der Waals surface area contributed by atoms with Crippen molar-refractivity contribution in [3.05, 3.63) is 16.1 Å². The molecule has 0 saturated carbocycles. The van der Waals surface area contributed by atoms with Crippen LogP contribution < -0.4 is 5.32 Å². The summed E-state index contributed by atoms with van der Waals surface area (Å²) in [6, 6.07) is 0. The zero-order valence-electron chi connectivity index (χ0n) is 11.0. The van der Waals surface area contributed by atoms with E-state index in [0.29, 0.717) is 0 Å². The third kappa shape index (κ3) is 5.58. The van der Waals surface area contributed by atoms with Crippen LogP contribution in [0, 0.1) is 6.92 Å². The molecule has 3 nitrogen and oxygen atoms in total. The Morgan fingerprint density at radius 2 is 2.12 bits per heavy atom. The molecule has 0 aliphatic heterocycles. The molecule has 1 N–H and O–H groups in total.